The van der Waals surface area contributed by atoms with E-state index >= 15 is 0 Å². The van der Waals surface area contributed by atoms with Crippen LogP contribution in [-0.4, -0.2) is 20.9 Å². The van der Waals surface area contributed by atoms with Crippen molar-refractivity contribution < 1.29 is 14.1 Å². The molecule has 10 heteroatoms. The highest BCUT2D eigenvalue weighted by atomic mass is 32.1. The number of hydrogen-bond donors (Lipinski definition) is 2. The van der Waals surface area contributed by atoms with Crippen LogP contribution in [0.25, 0.3) is 11.3 Å². The second-order valence-corrected chi connectivity index (χ2v) is 10.0. The van der Waals surface area contributed by atoms with Crippen molar-refractivity contribution >= 4 is 40.3 Å². The minimum Gasteiger partial charge on any atom is -0.459 e. The molecule has 2 aromatic heterocycles. The van der Waals surface area contributed by atoms with Gasteiger partial charge < -0.3 is 20.0 Å². The molecule has 0 saturated carbocycles. The summed E-state index contributed by atoms with van der Waals surface area (Å²) in [6.07, 6.45) is 1.73. The number of carbonyl (C=O) groups is 1. The van der Waals surface area contributed by atoms with Gasteiger partial charge in [0.05, 0.1) is 16.7 Å². The van der Waals surface area contributed by atoms with Gasteiger partial charge in [0.25, 0.3) is 5.69 Å². The molecule has 0 aliphatic carbocycles. The minimum atomic E-state index is -0.429. The first-order valence-corrected chi connectivity index (χ1v) is 12.9. The Kier molecular flexibility index (Phi) is 7.12. The molecule has 5 rings (SSSR count). The number of benzene rings is 2. The molecule has 0 unspecified atom stereocenters. The molecule has 1 fully saturated rings. The number of aromatic nitrogens is 1. The zero-order valence-corrected chi connectivity index (χ0v) is 22.4. The van der Waals surface area contributed by atoms with E-state index in [4.69, 9.17) is 16.6 Å². The Balaban J connectivity index is 1.55. The molecule has 0 bridgehead atoms. The van der Waals surface area contributed by atoms with Crippen LogP contribution in [0.3, 0.4) is 0 Å². The number of thiocarbonyl (C=S) groups is 1. The van der Waals surface area contributed by atoms with E-state index in [9.17, 15) is 14.9 Å². The number of nitro benzene ring substituents is 1. The number of carbonyl (C=O) groups excluding carboxylic acids is 1. The van der Waals surface area contributed by atoms with Gasteiger partial charge in [-0.3, -0.25) is 19.9 Å². The Morgan fingerprint density at radius 2 is 1.95 bits per heavy atom. The fourth-order valence-electron chi connectivity index (χ4n) is 4.58. The SMILES string of the molecule is Cc1cc(N2C(=S)N[C@H](c3ccccn3)[C@H]2c2ccc(-c3cccc([N+](=O)[O-])c3)o2)ccc1NC(=O)C(C)C. The summed E-state index contributed by atoms with van der Waals surface area (Å²) in [5.41, 5.74) is 3.83. The van der Waals surface area contributed by atoms with E-state index in [0.29, 0.717) is 22.2 Å². The Morgan fingerprint density at radius 3 is 2.64 bits per heavy atom. The number of nitrogens with one attached hydrogen (secondary N) is 2. The maximum absolute atomic E-state index is 12.3. The minimum absolute atomic E-state index is 0.0118. The molecule has 39 heavy (non-hydrogen) atoms. The highest BCUT2D eigenvalue weighted by molar-refractivity contribution is 7.80. The third-order valence-corrected chi connectivity index (χ3v) is 6.94. The van der Waals surface area contributed by atoms with Gasteiger partial charge in [0.2, 0.25) is 5.91 Å². The lowest BCUT2D eigenvalue weighted by atomic mass is 10.0. The van der Waals surface area contributed by atoms with Gasteiger partial charge in [0.1, 0.15) is 17.6 Å². The van der Waals surface area contributed by atoms with E-state index in [1.165, 1.54) is 12.1 Å². The predicted molar refractivity (Wildman–Crippen MR) is 153 cm³/mol. The van der Waals surface area contributed by atoms with Crippen molar-refractivity contribution in [1.29, 1.82) is 0 Å². The van der Waals surface area contributed by atoms with Crippen LogP contribution >= 0.6 is 12.2 Å². The number of nitro groups is 1. The first-order chi connectivity index (χ1) is 18.7. The zero-order valence-electron chi connectivity index (χ0n) is 21.6. The lowest BCUT2D eigenvalue weighted by Crippen LogP contribution is -2.29. The molecule has 1 aliphatic heterocycles. The van der Waals surface area contributed by atoms with Gasteiger partial charge in [-0.25, -0.2) is 0 Å². The third kappa shape index (κ3) is 5.23. The largest absolute Gasteiger partial charge is 0.459 e. The second-order valence-electron chi connectivity index (χ2n) is 9.65. The maximum Gasteiger partial charge on any atom is 0.270 e. The van der Waals surface area contributed by atoms with Gasteiger partial charge in [-0.2, -0.15) is 0 Å². The Labute approximate surface area is 231 Å². The number of anilines is 2. The highest BCUT2D eigenvalue weighted by Gasteiger charge is 2.42. The zero-order chi connectivity index (χ0) is 27.7. The summed E-state index contributed by atoms with van der Waals surface area (Å²) >= 11 is 5.80. The topological polar surface area (TPSA) is 114 Å². The fraction of sp³-hybridized carbons (Fsp3) is 0.207. The molecule has 1 amide bonds. The quantitative estimate of drug-likeness (QED) is 0.159. The number of rotatable bonds is 7. The lowest BCUT2D eigenvalue weighted by molar-refractivity contribution is -0.384. The van der Waals surface area contributed by atoms with Gasteiger partial charge >= 0.3 is 0 Å². The number of furan rings is 1. The van der Waals surface area contributed by atoms with Crippen LogP contribution in [0.15, 0.2) is 83.4 Å². The number of non-ortho nitro benzene ring substituents is 1. The molecule has 2 N–H and O–H groups in total. The van der Waals surface area contributed by atoms with E-state index < -0.39 is 11.0 Å². The number of aryl methyl sites for hydroxylation is 1. The number of amides is 1. The summed E-state index contributed by atoms with van der Waals surface area (Å²) in [6, 6.07) is 20.7. The maximum atomic E-state index is 12.3. The first kappa shape index (κ1) is 26.1. The third-order valence-electron chi connectivity index (χ3n) is 6.63. The van der Waals surface area contributed by atoms with E-state index in [-0.39, 0.29) is 23.6 Å². The van der Waals surface area contributed by atoms with Crippen LogP contribution in [0.4, 0.5) is 17.1 Å². The summed E-state index contributed by atoms with van der Waals surface area (Å²) < 4.78 is 6.32. The van der Waals surface area contributed by atoms with Gasteiger partial charge in [-0.05, 0) is 67.2 Å². The molecule has 9 nitrogen and oxygen atoms in total. The fourth-order valence-corrected chi connectivity index (χ4v) is 4.92. The van der Waals surface area contributed by atoms with Crippen LogP contribution in [0.1, 0.15) is 42.9 Å². The van der Waals surface area contributed by atoms with E-state index in [1.807, 2.05) is 68.1 Å². The lowest BCUT2D eigenvalue weighted by Gasteiger charge is -2.27. The smallest absolute Gasteiger partial charge is 0.270 e. The van der Waals surface area contributed by atoms with E-state index in [2.05, 4.69) is 15.6 Å². The summed E-state index contributed by atoms with van der Waals surface area (Å²) in [5, 5.41) is 18.2. The van der Waals surface area contributed by atoms with Crippen LogP contribution in [0, 0.1) is 23.0 Å². The van der Waals surface area contributed by atoms with Crippen LogP contribution in [0.5, 0.6) is 0 Å². The number of pyridine rings is 1. The Bertz CT molecular complexity index is 1550. The second kappa shape index (κ2) is 10.7. The Hall–Kier alpha value is -4.57. The van der Waals surface area contributed by atoms with Crippen molar-refractivity contribution in [1.82, 2.24) is 10.3 Å². The number of hydrogen-bond acceptors (Lipinski definition) is 6. The average molecular weight is 542 g/mol. The van der Waals surface area contributed by atoms with E-state index in [1.54, 1.807) is 24.4 Å². The first-order valence-electron chi connectivity index (χ1n) is 12.5. The summed E-state index contributed by atoms with van der Waals surface area (Å²) in [6.45, 7) is 5.63. The molecule has 4 aromatic rings. The summed E-state index contributed by atoms with van der Waals surface area (Å²) in [5.74, 6) is 0.937. The molecule has 0 radical (unpaired) electrons. The van der Waals surface area contributed by atoms with Gasteiger partial charge in [0, 0.05) is 41.2 Å². The Morgan fingerprint density at radius 1 is 1.13 bits per heavy atom. The molecular formula is C29H27N5O4S. The molecule has 1 saturated heterocycles. The summed E-state index contributed by atoms with van der Waals surface area (Å²) in [7, 11) is 0. The molecule has 2 aromatic carbocycles. The average Bonchev–Trinajstić information content (AvgIpc) is 3.55. The van der Waals surface area contributed by atoms with Crippen LogP contribution in [0.2, 0.25) is 0 Å². The molecule has 0 spiro atoms. The molecule has 198 valence electrons. The number of nitrogens with zero attached hydrogens (tertiary/aromatic N) is 3. The van der Waals surface area contributed by atoms with Crippen LogP contribution < -0.4 is 15.5 Å². The van der Waals surface area contributed by atoms with Crippen molar-refractivity contribution in [2.75, 3.05) is 10.2 Å². The van der Waals surface area contributed by atoms with E-state index in [0.717, 1.165) is 22.6 Å². The molecule has 2 atom stereocenters. The molecular weight excluding hydrogens is 514 g/mol. The standard InChI is InChI=1S/C29H27N5O4S/c1-17(2)28(35)31-22-11-10-20(15-18(22)3)33-27(26(32-29(33)39)23-9-4-5-14-30-23)25-13-12-24(38-25)19-7-6-8-21(16-19)34(36)37/h4-17,26-27H,1-3H3,(H,31,35)(H,32,39)/t26-,27-/m1/s1. The molecule has 3 heterocycles. The predicted octanol–water partition coefficient (Wildman–Crippen LogP) is 6.33. The van der Waals surface area contributed by atoms with Crippen molar-refractivity contribution in [3.05, 3.63) is 106 Å². The monoisotopic (exact) mass is 541 g/mol. The van der Waals surface area contributed by atoms with Gasteiger partial charge in [-0.1, -0.05) is 32.0 Å². The van der Waals surface area contributed by atoms with Crippen molar-refractivity contribution in [2.45, 2.75) is 32.9 Å². The highest BCUT2D eigenvalue weighted by Crippen LogP contribution is 2.43. The van der Waals surface area contributed by atoms with Crippen molar-refractivity contribution in [3.63, 3.8) is 0 Å². The molecule has 1 aliphatic rings. The normalized spacial score (nSPS) is 16.8. The van der Waals surface area contributed by atoms with Gasteiger partial charge in [-0.15, -0.1) is 0 Å². The van der Waals surface area contributed by atoms with Crippen molar-refractivity contribution in [3.8, 4) is 11.3 Å². The van der Waals surface area contributed by atoms with Gasteiger partial charge in [0.15, 0.2) is 5.11 Å². The van der Waals surface area contributed by atoms with Crippen molar-refractivity contribution in [2.24, 2.45) is 5.92 Å². The summed E-state index contributed by atoms with van der Waals surface area (Å²) in [4.78, 5) is 29.7. The van der Waals surface area contributed by atoms with Crippen LogP contribution in [-0.2, 0) is 4.79 Å².